The minimum atomic E-state index is 0.347. The Hall–Kier alpha value is -1.58. The molecule has 2 aromatic rings. The third-order valence-corrected chi connectivity index (χ3v) is 3.99. The number of nitrogens with one attached hydrogen (secondary N) is 1. The molecule has 1 saturated carbocycles. The van der Waals surface area contributed by atoms with Gasteiger partial charge in [0.05, 0.1) is 18.1 Å². The highest BCUT2D eigenvalue weighted by atomic mass is 15.3. The van der Waals surface area contributed by atoms with Crippen molar-refractivity contribution >= 4 is 16.7 Å². The lowest BCUT2D eigenvalue weighted by Crippen LogP contribution is -2.15. The summed E-state index contributed by atoms with van der Waals surface area (Å²) in [6.07, 6.45) is 7.71. The summed E-state index contributed by atoms with van der Waals surface area (Å²) in [5.41, 5.74) is 2.09. The zero-order chi connectivity index (χ0) is 13.4. The molecule has 1 N–H and O–H groups in total. The Morgan fingerprint density at radius 1 is 1.32 bits per heavy atom. The van der Waals surface area contributed by atoms with Gasteiger partial charge in [0.1, 0.15) is 0 Å². The van der Waals surface area contributed by atoms with Crippen LogP contribution in [0, 0.1) is 5.92 Å². The van der Waals surface area contributed by atoms with E-state index in [1.165, 1.54) is 19.3 Å². The van der Waals surface area contributed by atoms with E-state index in [9.17, 15) is 0 Å². The summed E-state index contributed by atoms with van der Waals surface area (Å²) in [6.45, 7) is 6.58. The van der Waals surface area contributed by atoms with Gasteiger partial charge in [-0.25, -0.2) is 9.67 Å². The molecule has 19 heavy (non-hydrogen) atoms. The van der Waals surface area contributed by atoms with Crippen molar-refractivity contribution in [2.24, 2.45) is 5.92 Å². The Labute approximate surface area is 114 Å². The molecule has 0 spiro atoms. The molecule has 0 aromatic carbocycles. The maximum absolute atomic E-state index is 4.56. The second-order valence-electron chi connectivity index (χ2n) is 6.08. The van der Waals surface area contributed by atoms with Crippen LogP contribution in [0.1, 0.15) is 46.1 Å². The highest BCUT2D eigenvalue weighted by molar-refractivity contribution is 5.78. The minimum absolute atomic E-state index is 0.347. The highest BCUT2D eigenvalue weighted by Crippen LogP contribution is 2.28. The lowest BCUT2D eigenvalue weighted by atomic mass is 10.1. The molecule has 4 nitrogen and oxygen atoms in total. The molecular weight excluding hydrogens is 236 g/mol. The van der Waals surface area contributed by atoms with Gasteiger partial charge in [-0.3, -0.25) is 0 Å². The van der Waals surface area contributed by atoms with Gasteiger partial charge >= 0.3 is 0 Å². The summed E-state index contributed by atoms with van der Waals surface area (Å²) >= 11 is 0. The standard InChI is InChI=1S/C15H22N4/c1-10(2)19-15-12(8-17-19)7-14(9-16-15)18-13-5-4-11(3)6-13/h7-11,13,18H,4-6H2,1-3H3. The summed E-state index contributed by atoms with van der Waals surface area (Å²) in [7, 11) is 0. The fourth-order valence-electron chi connectivity index (χ4n) is 2.97. The number of anilines is 1. The molecule has 0 amide bonds. The van der Waals surface area contributed by atoms with Crippen molar-refractivity contribution in [2.75, 3.05) is 5.32 Å². The number of fused-ring (bicyclic) bond motifs is 1. The summed E-state index contributed by atoms with van der Waals surface area (Å²) in [5, 5.41) is 9.12. The van der Waals surface area contributed by atoms with Crippen molar-refractivity contribution < 1.29 is 0 Å². The number of pyridine rings is 1. The van der Waals surface area contributed by atoms with Gasteiger partial charge in [0.15, 0.2) is 5.65 Å². The first kappa shape index (κ1) is 12.5. The van der Waals surface area contributed by atoms with E-state index in [1.807, 2.05) is 17.1 Å². The van der Waals surface area contributed by atoms with Gasteiger partial charge in [-0.1, -0.05) is 6.92 Å². The molecule has 0 radical (unpaired) electrons. The van der Waals surface area contributed by atoms with Gasteiger partial charge in [0.25, 0.3) is 0 Å². The smallest absolute Gasteiger partial charge is 0.158 e. The van der Waals surface area contributed by atoms with E-state index in [0.717, 1.165) is 22.6 Å². The molecule has 0 aliphatic heterocycles. The Morgan fingerprint density at radius 2 is 2.16 bits per heavy atom. The van der Waals surface area contributed by atoms with Crippen molar-refractivity contribution in [2.45, 2.75) is 52.1 Å². The minimum Gasteiger partial charge on any atom is -0.381 e. The van der Waals surface area contributed by atoms with E-state index in [0.29, 0.717) is 12.1 Å². The summed E-state index contributed by atoms with van der Waals surface area (Å²) in [6, 6.07) is 3.12. The summed E-state index contributed by atoms with van der Waals surface area (Å²) in [5.74, 6) is 0.845. The molecule has 2 unspecified atom stereocenters. The predicted molar refractivity (Wildman–Crippen MR) is 78.3 cm³/mol. The number of hydrogen-bond donors (Lipinski definition) is 1. The SMILES string of the molecule is CC1CCC(Nc2cnc3c(cnn3C(C)C)c2)C1. The first-order chi connectivity index (χ1) is 9.13. The first-order valence-corrected chi connectivity index (χ1v) is 7.23. The maximum Gasteiger partial charge on any atom is 0.158 e. The lowest BCUT2D eigenvalue weighted by molar-refractivity contribution is 0.546. The van der Waals surface area contributed by atoms with Crippen LogP contribution in [0.3, 0.4) is 0 Å². The topological polar surface area (TPSA) is 42.7 Å². The monoisotopic (exact) mass is 258 g/mol. The molecule has 1 aliphatic rings. The van der Waals surface area contributed by atoms with Crippen molar-refractivity contribution in [1.82, 2.24) is 14.8 Å². The van der Waals surface area contributed by atoms with Gasteiger partial charge in [-0.05, 0) is 45.1 Å². The maximum atomic E-state index is 4.56. The Bertz CT molecular complexity index is 573. The van der Waals surface area contributed by atoms with E-state index in [4.69, 9.17) is 0 Å². The van der Waals surface area contributed by atoms with E-state index < -0.39 is 0 Å². The highest BCUT2D eigenvalue weighted by Gasteiger charge is 2.21. The van der Waals surface area contributed by atoms with E-state index >= 15 is 0 Å². The molecule has 2 aromatic heterocycles. The van der Waals surface area contributed by atoms with Crippen molar-refractivity contribution in [1.29, 1.82) is 0 Å². The number of rotatable bonds is 3. The van der Waals surface area contributed by atoms with Crippen molar-refractivity contribution in [3.05, 3.63) is 18.5 Å². The van der Waals surface area contributed by atoms with E-state index in [1.54, 1.807) is 0 Å². The van der Waals surface area contributed by atoms with E-state index in [2.05, 4.69) is 42.2 Å². The van der Waals surface area contributed by atoms with Crippen molar-refractivity contribution in [3.8, 4) is 0 Å². The average Bonchev–Trinajstić information content (AvgIpc) is 2.95. The zero-order valence-corrected chi connectivity index (χ0v) is 11.9. The second kappa shape index (κ2) is 4.83. The van der Waals surface area contributed by atoms with E-state index in [-0.39, 0.29) is 0 Å². The zero-order valence-electron chi connectivity index (χ0n) is 11.9. The van der Waals surface area contributed by atoms with Gasteiger partial charge in [0.2, 0.25) is 0 Å². The van der Waals surface area contributed by atoms with Crippen LogP contribution in [-0.2, 0) is 0 Å². The first-order valence-electron chi connectivity index (χ1n) is 7.23. The van der Waals surface area contributed by atoms with Gasteiger partial charge in [-0.15, -0.1) is 0 Å². The average molecular weight is 258 g/mol. The molecule has 1 fully saturated rings. The lowest BCUT2D eigenvalue weighted by Gasteiger charge is -2.14. The molecule has 3 rings (SSSR count). The fraction of sp³-hybridized carbons (Fsp3) is 0.600. The molecule has 2 atom stereocenters. The third-order valence-electron chi connectivity index (χ3n) is 3.99. The third kappa shape index (κ3) is 2.44. The van der Waals surface area contributed by atoms with Crippen LogP contribution in [0.25, 0.3) is 11.0 Å². The molecule has 0 bridgehead atoms. The molecular formula is C15H22N4. The second-order valence-corrected chi connectivity index (χ2v) is 6.08. The molecule has 1 aliphatic carbocycles. The Morgan fingerprint density at radius 3 is 2.84 bits per heavy atom. The van der Waals surface area contributed by atoms with Crippen LogP contribution in [0.15, 0.2) is 18.5 Å². The quantitative estimate of drug-likeness (QED) is 0.914. The molecule has 0 saturated heterocycles. The fourth-order valence-corrected chi connectivity index (χ4v) is 2.97. The Kier molecular flexibility index (Phi) is 3.17. The van der Waals surface area contributed by atoms with Crippen molar-refractivity contribution in [3.63, 3.8) is 0 Å². The number of aromatic nitrogens is 3. The summed E-state index contributed by atoms with van der Waals surface area (Å²) < 4.78 is 1.97. The van der Waals surface area contributed by atoms with Gasteiger partial charge in [-0.2, -0.15) is 5.10 Å². The predicted octanol–water partition coefficient (Wildman–Crippen LogP) is 3.61. The van der Waals surface area contributed by atoms with Crippen LogP contribution < -0.4 is 5.32 Å². The Balaban J connectivity index is 1.82. The number of hydrogen-bond acceptors (Lipinski definition) is 3. The molecule has 2 heterocycles. The van der Waals surface area contributed by atoms with Crippen LogP contribution in [0.5, 0.6) is 0 Å². The van der Waals surface area contributed by atoms with Gasteiger partial charge < -0.3 is 5.32 Å². The summed E-state index contributed by atoms with van der Waals surface area (Å²) in [4.78, 5) is 4.56. The van der Waals surface area contributed by atoms with Crippen LogP contribution >= 0.6 is 0 Å². The van der Waals surface area contributed by atoms with Gasteiger partial charge in [0, 0.05) is 17.5 Å². The molecule has 4 heteroatoms. The van der Waals surface area contributed by atoms with Crippen LogP contribution in [0.2, 0.25) is 0 Å². The molecule has 102 valence electrons. The van der Waals surface area contributed by atoms with Crippen LogP contribution in [-0.4, -0.2) is 20.8 Å². The normalized spacial score (nSPS) is 23.4. The number of nitrogens with zero attached hydrogens (tertiary/aromatic N) is 3. The largest absolute Gasteiger partial charge is 0.381 e. The van der Waals surface area contributed by atoms with Crippen LogP contribution in [0.4, 0.5) is 5.69 Å².